The second kappa shape index (κ2) is 7.72. The van der Waals surface area contributed by atoms with Gasteiger partial charge in [-0.05, 0) is 19.4 Å². The predicted molar refractivity (Wildman–Crippen MR) is 82.7 cm³/mol. The molecule has 0 saturated heterocycles. The summed E-state index contributed by atoms with van der Waals surface area (Å²) in [5.74, 6) is 0. The lowest BCUT2D eigenvalue weighted by Gasteiger charge is -2.14. The van der Waals surface area contributed by atoms with Crippen LogP contribution < -0.4 is 11.2 Å². The standard InChI is InChI=1S/C16H20N2O4/c1-12-8-18(16(20)17-15(12)19)11-22-13(2)9-21-10-14-6-4-3-5-7-14/h3-8,13H,9-11H2,1-2H3,(H,17,19,20). The number of hydrogen-bond acceptors (Lipinski definition) is 4. The minimum atomic E-state index is -0.479. The number of hydrogen-bond donors (Lipinski definition) is 1. The normalized spacial score (nSPS) is 12.3. The van der Waals surface area contributed by atoms with Gasteiger partial charge in [0.1, 0.15) is 6.73 Å². The fourth-order valence-electron chi connectivity index (χ4n) is 1.89. The molecular weight excluding hydrogens is 284 g/mol. The van der Waals surface area contributed by atoms with Gasteiger partial charge < -0.3 is 9.47 Å². The largest absolute Gasteiger partial charge is 0.374 e. The van der Waals surface area contributed by atoms with Crippen LogP contribution in [0.3, 0.4) is 0 Å². The highest BCUT2D eigenvalue weighted by Crippen LogP contribution is 2.02. The summed E-state index contributed by atoms with van der Waals surface area (Å²) >= 11 is 0. The van der Waals surface area contributed by atoms with Crippen molar-refractivity contribution in [2.45, 2.75) is 33.3 Å². The van der Waals surface area contributed by atoms with Crippen molar-refractivity contribution in [1.82, 2.24) is 9.55 Å². The van der Waals surface area contributed by atoms with E-state index in [1.165, 1.54) is 10.8 Å². The summed E-state index contributed by atoms with van der Waals surface area (Å²) in [6.07, 6.45) is 1.32. The topological polar surface area (TPSA) is 73.3 Å². The molecule has 0 saturated carbocycles. The maximum atomic E-state index is 11.6. The first kappa shape index (κ1) is 16.2. The fraction of sp³-hybridized carbons (Fsp3) is 0.375. The molecule has 1 unspecified atom stereocenters. The summed E-state index contributed by atoms with van der Waals surface area (Å²) in [5.41, 5.74) is 0.715. The number of nitrogens with one attached hydrogen (secondary N) is 1. The summed E-state index contributed by atoms with van der Waals surface area (Å²) in [5, 5.41) is 0. The van der Waals surface area contributed by atoms with Gasteiger partial charge in [-0.3, -0.25) is 14.3 Å². The Labute approximate surface area is 128 Å². The van der Waals surface area contributed by atoms with E-state index < -0.39 is 5.69 Å². The summed E-state index contributed by atoms with van der Waals surface area (Å²) < 4.78 is 12.5. The lowest BCUT2D eigenvalue weighted by Crippen LogP contribution is -2.32. The second-order valence-electron chi connectivity index (χ2n) is 5.15. The van der Waals surface area contributed by atoms with E-state index in [4.69, 9.17) is 9.47 Å². The Hall–Kier alpha value is -2.18. The second-order valence-corrected chi connectivity index (χ2v) is 5.15. The molecule has 2 rings (SSSR count). The Bertz CT molecular complexity index is 706. The van der Waals surface area contributed by atoms with Gasteiger partial charge >= 0.3 is 5.69 Å². The molecule has 0 aliphatic heterocycles. The minimum Gasteiger partial charge on any atom is -0.374 e. The van der Waals surface area contributed by atoms with Gasteiger partial charge in [-0.25, -0.2) is 4.79 Å². The van der Waals surface area contributed by atoms with Gasteiger partial charge in [-0.15, -0.1) is 0 Å². The molecule has 118 valence electrons. The van der Waals surface area contributed by atoms with Gasteiger partial charge in [-0.2, -0.15) is 0 Å². The molecule has 0 bridgehead atoms. The molecular formula is C16H20N2O4. The van der Waals surface area contributed by atoms with Gasteiger partial charge in [0.05, 0.1) is 19.3 Å². The molecule has 1 heterocycles. The molecule has 0 fully saturated rings. The maximum Gasteiger partial charge on any atom is 0.330 e. The number of ether oxygens (including phenoxy) is 2. The van der Waals surface area contributed by atoms with Gasteiger partial charge in [-0.1, -0.05) is 30.3 Å². The lowest BCUT2D eigenvalue weighted by molar-refractivity contribution is -0.0407. The van der Waals surface area contributed by atoms with Crippen molar-refractivity contribution < 1.29 is 9.47 Å². The summed E-state index contributed by atoms with van der Waals surface area (Å²) in [4.78, 5) is 25.1. The van der Waals surface area contributed by atoms with Crippen LogP contribution in [0.1, 0.15) is 18.1 Å². The van der Waals surface area contributed by atoms with Gasteiger partial charge in [0.2, 0.25) is 0 Å². The van der Waals surface area contributed by atoms with Crippen molar-refractivity contribution in [3.05, 3.63) is 68.5 Å². The third kappa shape index (κ3) is 4.68. The van der Waals surface area contributed by atoms with Crippen molar-refractivity contribution in [3.63, 3.8) is 0 Å². The number of aryl methyl sites for hydroxylation is 1. The Morgan fingerprint density at radius 1 is 1.23 bits per heavy atom. The first-order valence-corrected chi connectivity index (χ1v) is 7.10. The Kier molecular flexibility index (Phi) is 5.68. The number of benzene rings is 1. The van der Waals surface area contributed by atoms with Crippen LogP contribution in [-0.4, -0.2) is 22.3 Å². The van der Waals surface area contributed by atoms with Crippen molar-refractivity contribution in [2.24, 2.45) is 0 Å². The third-order valence-electron chi connectivity index (χ3n) is 3.15. The quantitative estimate of drug-likeness (QED) is 0.839. The van der Waals surface area contributed by atoms with E-state index in [1.807, 2.05) is 37.3 Å². The number of nitrogens with zero attached hydrogens (tertiary/aromatic N) is 1. The molecule has 6 heteroatoms. The SMILES string of the molecule is Cc1cn(COC(C)COCc2ccccc2)c(=O)[nH]c1=O. The van der Waals surface area contributed by atoms with Crippen LogP contribution in [0.4, 0.5) is 0 Å². The van der Waals surface area contributed by atoms with Crippen molar-refractivity contribution in [3.8, 4) is 0 Å². The highest BCUT2D eigenvalue weighted by Gasteiger charge is 2.05. The van der Waals surface area contributed by atoms with Gasteiger partial charge in [0.15, 0.2) is 0 Å². The zero-order chi connectivity index (χ0) is 15.9. The van der Waals surface area contributed by atoms with Crippen LogP contribution in [0.15, 0.2) is 46.1 Å². The third-order valence-corrected chi connectivity index (χ3v) is 3.15. The van der Waals surface area contributed by atoms with Crippen LogP contribution in [0, 0.1) is 6.92 Å². The van der Waals surface area contributed by atoms with Gasteiger partial charge in [0.25, 0.3) is 5.56 Å². The number of rotatable bonds is 7. The molecule has 1 atom stereocenters. The zero-order valence-corrected chi connectivity index (χ0v) is 12.7. The van der Waals surface area contributed by atoms with Crippen LogP contribution in [-0.2, 0) is 22.8 Å². The molecule has 0 aliphatic rings. The zero-order valence-electron chi connectivity index (χ0n) is 12.7. The van der Waals surface area contributed by atoms with E-state index in [0.29, 0.717) is 18.8 Å². The highest BCUT2D eigenvalue weighted by molar-refractivity contribution is 5.13. The van der Waals surface area contributed by atoms with E-state index in [9.17, 15) is 9.59 Å². The predicted octanol–water partition coefficient (Wildman–Crippen LogP) is 1.42. The molecule has 0 radical (unpaired) electrons. The first-order valence-electron chi connectivity index (χ1n) is 7.10. The molecule has 2 aromatic rings. The molecule has 6 nitrogen and oxygen atoms in total. The van der Waals surface area contributed by atoms with E-state index in [2.05, 4.69) is 4.98 Å². The number of H-pyrrole nitrogens is 1. The van der Waals surface area contributed by atoms with E-state index >= 15 is 0 Å². The average molecular weight is 304 g/mol. The molecule has 0 amide bonds. The summed E-state index contributed by atoms with van der Waals surface area (Å²) in [6.45, 7) is 4.53. The van der Waals surface area contributed by atoms with Gasteiger partial charge in [0, 0.05) is 11.8 Å². The van der Waals surface area contributed by atoms with Crippen LogP contribution in [0.2, 0.25) is 0 Å². The molecule has 0 spiro atoms. The van der Waals surface area contributed by atoms with Crippen molar-refractivity contribution in [2.75, 3.05) is 6.61 Å². The molecule has 0 aliphatic carbocycles. The molecule has 1 aromatic carbocycles. The van der Waals surface area contributed by atoms with E-state index in [-0.39, 0.29) is 18.4 Å². The van der Waals surface area contributed by atoms with Crippen molar-refractivity contribution in [1.29, 1.82) is 0 Å². The molecule has 22 heavy (non-hydrogen) atoms. The summed E-state index contributed by atoms with van der Waals surface area (Å²) in [7, 11) is 0. The highest BCUT2D eigenvalue weighted by atomic mass is 16.5. The average Bonchev–Trinajstić information content (AvgIpc) is 2.50. The Morgan fingerprint density at radius 2 is 1.95 bits per heavy atom. The minimum absolute atomic E-state index is 0.0757. The van der Waals surface area contributed by atoms with Crippen LogP contribution in [0.5, 0.6) is 0 Å². The fourth-order valence-corrected chi connectivity index (χ4v) is 1.89. The van der Waals surface area contributed by atoms with Crippen molar-refractivity contribution >= 4 is 0 Å². The van der Waals surface area contributed by atoms with Crippen LogP contribution >= 0.6 is 0 Å². The van der Waals surface area contributed by atoms with E-state index in [1.54, 1.807) is 6.92 Å². The van der Waals surface area contributed by atoms with Crippen LogP contribution in [0.25, 0.3) is 0 Å². The number of aromatic amines is 1. The smallest absolute Gasteiger partial charge is 0.330 e. The van der Waals surface area contributed by atoms with E-state index in [0.717, 1.165) is 5.56 Å². The molecule has 1 N–H and O–H groups in total. The molecule has 1 aromatic heterocycles. The lowest BCUT2D eigenvalue weighted by atomic mass is 10.2. The number of aromatic nitrogens is 2. The maximum absolute atomic E-state index is 11.6. The Morgan fingerprint density at radius 3 is 2.68 bits per heavy atom. The summed E-state index contributed by atoms with van der Waals surface area (Å²) in [6, 6.07) is 9.87. The first-order chi connectivity index (χ1) is 10.6. The Balaban J connectivity index is 1.78. The monoisotopic (exact) mass is 304 g/mol.